The third-order valence-corrected chi connectivity index (χ3v) is 3.01. The maximum atomic E-state index is 11.7. The summed E-state index contributed by atoms with van der Waals surface area (Å²) < 4.78 is 2.80. The summed E-state index contributed by atoms with van der Waals surface area (Å²) >= 11 is 0. The average molecular weight is 253 g/mol. The van der Waals surface area contributed by atoms with Crippen LogP contribution >= 0.6 is 0 Å². The molecule has 5 nitrogen and oxygen atoms in total. The van der Waals surface area contributed by atoms with Gasteiger partial charge in [-0.2, -0.15) is 0 Å². The summed E-state index contributed by atoms with van der Waals surface area (Å²) in [5.74, 6) is 0. The van der Waals surface area contributed by atoms with Crippen LogP contribution in [0.1, 0.15) is 33.1 Å². The van der Waals surface area contributed by atoms with Gasteiger partial charge in [0, 0.05) is 32.0 Å². The van der Waals surface area contributed by atoms with Gasteiger partial charge in [-0.25, -0.2) is 0 Å². The highest BCUT2D eigenvalue weighted by Crippen LogP contribution is 1.98. The standard InChI is InChI=1S/C13H23N3O2/c1-4-7-14-11(2)6-5-8-16-10-9-15(3)12(17)13(16)18/h9-11,14H,4-8H2,1-3H3. The van der Waals surface area contributed by atoms with Crippen LogP contribution in [-0.2, 0) is 13.6 Å². The summed E-state index contributed by atoms with van der Waals surface area (Å²) in [6.07, 6.45) is 6.32. The lowest BCUT2D eigenvalue weighted by atomic mass is 10.2. The van der Waals surface area contributed by atoms with E-state index in [2.05, 4.69) is 19.2 Å². The predicted octanol–water partition coefficient (Wildman–Crippen LogP) is 0.715. The number of hydrogen-bond acceptors (Lipinski definition) is 3. The number of aromatic nitrogens is 2. The number of hydrogen-bond donors (Lipinski definition) is 1. The highest BCUT2D eigenvalue weighted by atomic mass is 16.2. The molecule has 5 heteroatoms. The fourth-order valence-corrected chi connectivity index (χ4v) is 1.83. The van der Waals surface area contributed by atoms with E-state index in [0.29, 0.717) is 12.6 Å². The lowest BCUT2D eigenvalue weighted by Gasteiger charge is -2.13. The molecular weight excluding hydrogens is 230 g/mol. The largest absolute Gasteiger partial charge is 0.316 e. The number of nitrogens with zero attached hydrogens (tertiary/aromatic N) is 2. The molecule has 1 unspecified atom stereocenters. The Balaban J connectivity index is 2.48. The van der Waals surface area contributed by atoms with Gasteiger partial charge in [-0.1, -0.05) is 6.92 Å². The van der Waals surface area contributed by atoms with Gasteiger partial charge in [0.1, 0.15) is 0 Å². The zero-order valence-electron chi connectivity index (χ0n) is 11.5. The molecule has 1 atom stereocenters. The Morgan fingerprint density at radius 1 is 1.28 bits per heavy atom. The predicted molar refractivity (Wildman–Crippen MR) is 72.9 cm³/mol. The molecule has 18 heavy (non-hydrogen) atoms. The summed E-state index contributed by atoms with van der Waals surface area (Å²) in [5, 5.41) is 3.40. The van der Waals surface area contributed by atoms with Crippen molar-refractivity contribution in [3.05, 3.63) is 33.1 Å². The molecule has 0 saturated carbocycles. The van der Waals surface area contributed by atoms with E-state index in [1.165, 1.54) is 9.13 Å². The fourth-order valence-electron chi connectivity index (χ4n) is 1.83. The first-order valence-corrected chi connectivity index (χ1v) is 6.55. The van der Waals surface area contributed by atoms with Crippen LogP contribution in [-0.4, -0.2) is 21.7 Å². The molecule has 0 aromatic carbocycles. The van der Waals surface area contributed by atoms with Crippen LogP contribution in [0.25, 0.3) is 0 Å². The van der Waals surface area contributed by atoms with Gasteiger partial charge in [-0.05, 0) is 32.7 Å². The second-order valence-electron chi connectivity index (χ2n) is 4.71. The second kappa shape index (κ2) is 7.16. The third kappa shape index (κ3) is 4.14. The Labute approximate surface area is 107 Å². The Morgan fingerprint density at radius 3 is 2.67 bits per heavy atom. The SMILES string of the molecule is CCCNC(C)CCCn1ccn(C)c(=O)c1=O. The van der Waals surface area contributed by atoms with Crippen LogP contribution in [0.5, 0.6) is 0 Å². The molecule has 0 aliphatic heterocycles. The quantitative estimate of drug-likeness (QED) is 0.728. The van der Waals surface area contributed by atoms with E-state index in [1.54, 1.807) is 19.4 Å². The van der Waals surface area contributed by atoms with Crippen molar-refractivity contribution >= 4 is 0 Å². The van der Waals surface area contributed by atoms with Gasteiger partial charge in [0.25, 0.3) is 0 Å². The van der Waals surface area contributed by atoms with Gasteiger partial charge in [0.05, 0.1) is 0 Å². The zero-order chi connectivity index (χ0) is 13.5. The van der Waals surface area contributed by atoms with Crippen LogP contribution in [0.3, 0.4) is 0 Å². The van der Waals surface area contributed by atoms with Crippen LogP contribution in [0, 0.1) is 0 Å². The van der Waals surface area contributed by atoms with E-state index in [0.717, 1.165) is 25.8 Å². The molecule has 0 aliphatic carbocycles. The van der Waals surface area contributed by atoms with E-state index < -0.39 is 11.1 Å². The van der Waals surface area contributed by atoms with Crippen LogP contribution in [0.15, 0.2) is 22.0 Å². The van der Waals surface area contributed by atoms with E-state index in [1.807, 2.05) is 0 Å². The molecular formula is C13H23N3O2. The molecule has 1 N–H and O–H groups in total. The van der Waals surface area contributed by atoms with Crippen molar-refractivity contribution in [1.29, 1.82) is 0 Å². The summed E-state index contributed by atoms with van der Waals surface area (Å²) in [6.45, 7) is 5.90. The van der Waals surface area contributed by atoms with Crippen molar-refractivity contribution in [3.63, 3.8) is 0 Å². The minimum Gasteiger partial charge on any atom is -0.314 e. The lowest BCUT2D eigenvalue weighted by Crippen LogP contribution is -2.39. The summed E-state index contributed by atoms with van der Waals surface area (Å²) in [5.41, 5.74) is -0.899. The smallest absolute Gasteiger partial charge is 0.314 e. The van der Waals surface area contributed by atoms with Gasteiger partial charge < -0.3 is 14.5 Å². The van der Waals surface area contributed by atoms with Crippen LogP contribution in [0.4, 0.5) is 0 Å². The van der Waals surface area contributed by atoms with Gasteiger partial charge in [0.15, 0.2) is 0 Å². The number of nitrogens with one attached hydrogen (secondary N) is 1. The second-order valence-corrected chi connectivity index (χ2v) is 4.71. The molecule has 0 spiro atoms. The topological polar surface area (TPSA) is 56.0 Å². The van der Waals surface area contributed by atoms with Crippen molar-refractivity contribution in [2.24, 2.45) is 7.05 Å². The molecule has 0 amide bonds. The Hall–Kier alpha value is -1.36. The average Bonchev–Trinajstić information content (AvgIpc) is 2.36. The van der Waals surface area contributed by atoms with Crippen molar-refractivity contribution < 1.29 is 0 Å². The summed E-state index contributed by atoms with van der Waals surface area (Å²) in [7, 11) is 1.59. The Kier molecular flexibility index (Phi) is 5.85. The van der Waals surface area contributed by atoms with Crippen LogP contribution in [0.2, 0.25) is 0 Å². The van der Waals surface area contributed by atoms with E-state index in [-0.39, 0.29) is 0 Å². The summed E-state index contributed by atoms with van der Waals surface area (Å²) in [6, 6.07) is 0.451. The minimum absolute atomic E-state index is 0.436. The van der Waals surface area contributed by atoms with Crippen LogP contribution < -0.4 is 16.4 Å². The van der Waals surface area contributed by atoms with Crippen molar-refractivity contribution in [1.82, 2.24) is 14.5 Å². The van der Waals surface area contributed by atoms with E-state index >= 15 is 0 Å². The van der Waals surface area contributed by atoms with Gasteiger partial charge in [-0.3, -0.25) is 9.59 Å². The molecule has 0 bridgehead atoms. The first kappa shape index (κ1) is 14.7. The molecule has 0 radical (unpaired) electrons. The summed E-state index contributed by atoms with van der Waals surface area (Å²) in [4.78, 5) is 23.1. The van der Waals surface area contributed by atoms with E-state index in [4.69, 9.17) is 0 Å². The van der Waals surface area contributed by atoms with Crippen molar-refractivity contribution in [3.8, 4) is 0 Å². The maximum absolute atomic E-state index is 11.7. The minimum atomic E-state index is -0.463. The first-order chi connectivity index (χ1) is 8.56. The maximum Gasteiger partial charge on any atom is 0.316 e. The molecule has 1 aromatic heterocycles. The highest BCUT2D eigenvalue weighted by Gasteiger charge is 2.04. The molecule has 1 aromatic rings. The molecule has 0 saturated heterocycles. The highest BCUT2D eigenvalue weighted by molar-refractivity contribution is 4.84. The van der Waals surface area contributed by atoms with E-state index in [9.17, 15) is 9.59 Å². The normalized spacial score (nSPS) is 12.6. The number of rotatable bonds is 7. The monoisotopic (exact) mass is 253 g/mol. The van der Waals surface area contributed by atoms with Gasteiger partial charge in [-0.15, -0.1) is 0 Å². The Morgan fingerprint density at radius 2 is 2.00 bits per heavy atom. The molecule has 0 aliphatic rings. The van der Waals surface area contributed by atoms with Gasteiger partial charge in [0.2, 0.25) is 0 Å². The molecule has 0 fully saturated rings. The number of aryl methyl sites for hydroxylation is 2. The van der Waals surface area contributed by atoms with Crippen molar-refractivity contribution in [2.45, 2.75) is 45.7 Å². The fraction of sp³-hybridized carbons (Fsp3) is 0.692. The zero-order valence-corrected chi connectivity index (χ0v) is 11.5. The van der Waals surface area contributed by atoms with Gasteiger partial charge >= 0.3 is 11.1 Å². The lowest BCUT2D eigenvalue weighted by molar-refractivity contribution is 0.470. The van der Waals surface area contributed by atoms with Crippen molar-refractivity contribution in [2.75, 3.05) is 6.54 Å². The molecule has 1 rings (SSSR count). The molecule has 1 heterocycles. The third-order valence-electron chi connectivity index (χ3n) is 3.01. The first-order valence-electron chi connectivity index (χ1n) is 6.55. The Bertz CT molecular complexity index is 476. The molecule has 102 valence electrons.